The molecule has 21 heavy (non-hydrogen) atoms. The van der Waals surface area contributed by atoms with Gasteiger partial charge in [-0.2, -0.15) is 11.8 Å². The first-order valence-corrected chi connectivity index (χ1v) is 8.15. The summed E-state index contributed by atoms with van der Waals surface area (Å²) in [7, 11) is 0. The Balaban J connectivity index is 1.74. The Labute approximate surface area is 128 Å². The Morgan fingerprint density at radius 1 is 1.24 bits per heavy atom. The van der Waals surface area contributed by atoms with Gasteiger partial charge in [-0.3, -0.25) is 5.32 Å². The molecule has 1 fully saturated rings. The quantitative estimate of drug-likeness (QED) is 0.928. The molecule has 0 spiro atoms. The number of carbonyl (C=O) groups is 1. The zero-order valence-electron chi connectivity index (χ0n) is 12.0. The van der Waals surface area contributed by atoms with Crippen molar-refractivity contribution in [2.45, 2.75) is 6.92 Å². The lowest BCUT2D eigenvalue weighted by Gasteiger charge is -2.26. The van der Waals surface area contributed by atoms with Crippen LogP contribution in [-0.2, 0) is 0 Å². The highest BCUT2D eigenvalue weighted by molar-refractivity contribution is 7.99. The number of aryl methyl sites for hydroxylation is 1. The molecule has 2 amide bonds. The molecular weight excluding hydrogens is 284 g/mol. The standard InChI is InChI=1S/C15H18N4OS/c1-12-11-19(13-5-3-2-4-6-13)17-14(12)16-15(20)18-7-9-21-10-8-18/h2-6,11H,7-10H2,1H3,(H,16,17,20). The van der Waals surface area contributed by atoms with Crippen LogP contribution in [-0.4, -0.2) is 45.3 Å². The maximum absolute atomic E-state index is 12.2. The lowest BCUT2D eigenvalue weighted by Crippen LogP contribution is -2.40. The lowest BCUT2D eigenvalue weighted by molar-refractivity contribution is 0.217. The average molecular weight is 302 g/mol. The average Bonchev–Trinajstić information content (AvgIpc) is 2.90. The summed E-state index contributed by atoms with van der Waals surface area (Å²) in [6.45, 7) is 3.55. The van der Waals surface area contributed by atoms with Crippen LogP contribution in [0, 0.1) is 6.92 Å². The fourth-order valence-corrected chi connectivity index (χ4v) is 3.15. The first kappa shape index (κ1) is 14.0. The van der Waals surface area contributed by atoms with Crippen molar-refractivity contribution in [2.24, 2.45) is 0 Å². The highest BCUT2D eigenvalue weighted by Gasteiger charge is 2.18. The van der Waals surface area contributed by atoms with Gasteiger partial charge in [0.1, 0.15) is 0 Å². The van der Waals surface area contributed by atoms with E-state index in [-0.39, 0.29) is 6.03 Å². The molecule has 110 valence electrons. The second-order valence-electron chi connectivity index (χ2n) is 4.97. The number of benzene rings is 1. The number of hydrogen-bond donors (Lipinski definition) is 1. The summed E-state index contributed by atoms with van der Waals surface area (Å²) >= 11 is 1.89. The number of amides is 2. The van der Waals surface area contributed by atoms with Gasteiger partial charge in [0, 0.05) is 36.4 Å². The molecule has 2 heterocycles. The highest BCUT2D eigenvalue weighted by atomic mass is 32.2. The van der Waals surface area contributed by atoms with Gasteiger partial charge in [-0.05, 0) is 19.1 Å². The Hall–Kier alpha value is -1.95. The van der Waals surface area contributed by atoms with Crippen molar-refractivity contribution in [3.63, 3.8) is 0 Å². The van der Waals surface area contributed by atoms with Crippen LogP contribution in [0.4, 0.5) is 10.6 Å². The van der Waals surface area contributed by atoms with Crippen LogP contribution < -0.4 is 5.32 Å². The summed E-state index contributed by atoms with van der Waals surface area (Å²) in [6.07, 6.45) is 1.93. The van der Waals surface area contributed by atoms with Gasteiger partial charge in [-0.1, -0.05) is 18.2 Å². The number of urea groups is 1. The SMILES string of the molecule is Cc1cn(-c2ccccc2)nc1NC(=O)N1CCSCC1. The van der Waals surface area contributed by atoms with Crippen LogP contribution in [0.5, 0.6) is 0 Å². The van der Waals surface area contributed by atoms with Gasteiger partial charge in [-0.15, -0.1) is 5.10 Å². The maximum Gasteiger partial charge on any atom is 0.323 e. The van der Waals surface area contributed by atoms with E-state index in [1.54, 1.807) is 4.68 Å². The zero-order valence-corrected chi connectivity index (χ0v) is 12.8. The summed E-state index contributed by atoms with van der Waals surface area (Å²) in [5.41, 5.74) is 1.94. The summed E-state index contributed by atoms with van der Waals surface area (Å²) in [6, 6.07) is 9.82. The number of nitrogens with one attached hydrogen (secondary N) is 1. The van der Waals surface area contributed by atoms with Crippen molar-refractivity contribution < 1.29 is 4.79 Å². The Morgan fingerprint density at radius 2 is 1.95 bits per heavy atom. The molecule has 0 aliphatic carbocycles. The van der Waals surface area contributed by atoms with E-state index in [1.165, 1.54) is 0 Å². The second kappa shape index (κ2) is 6.22. The number of thioether (sulfide) groups is 1. The maximum atomic E-state index is 12.2. The number of para-hydroxylation sites is 1. The minimum Gasteiger partial charge on any atom is -0.323 e. The molecule has 0 unspecified atom stereocenters. The molecule has 1 saturated heterocycles. The van der Waals surface area contributed by atoms with Crippen molar-refractivity contribution in [1.82, 2.24) is 14.7 Å². The second-order valence-corrected chi connectivity index (χ2v) is 6.20. The van der Waals surface area contributed by atoms with Crippen LogP contribution in [0.2, 0.25) is 0 Å². The van der Waals surface area contributed by atoms with Crippen LogP contribution >= 0.6 is 11.8 Å². The van der Waals surface area contributed by atoms with E-state index in [0.29, 0.717) is 5.82 Å². The Kier molecular flexibility index (Phi) is 4.15. The molecule has 2 aromatic rings. The molecule has 3 rings (SSSR count). The topological polar surface area (TPSA) is 50.2 Å². The largest absolute Gasteiger partial charge is 0.323 e. The van der Waals surface area contributed by atoms with Crippen molar-refractivity contribution in [3.05, 3.63) is 42.1 Å². The lowest BCUT2D eigenvalue weighted by atomic mass is 10.3. The van der Waals surface area contributed by atoms with Crippen molar-refractivity contribution in [3.8, 4) is 5.69 Å². The van der Waals surface area contributed by atoms with Gasteiger partial charge < -0.3 is 4.90 Å². The van der Waals surface area contributed by atoms with Crippen molar-refractivity contribution in [2.75, 3.05) is 29.9 Å². The third-order valence-corrected chi connectivity index (χ3v) is 4.38. The highest BCUT2D eigenvalue weighted by Crippen LogP contribution is 2.17. The van der Waals surface area contributed by atoms with Crippen LogP contribution in [0.15, 0.2) is 36.5 Å². The van der Waals surface area contributed by atoms with Crippen LogP contribution in [0.25, 0.3) is 5.69 Å². The van der Waals surface area contributed by atoms with Gasteiger partial charge in [0.05, 0.1) is 5.69 Å². The first-order chi connectivity index (χ1) is 10.2. The predicted octanol–water partition coefficient (Wildman–Crippen LogP) is 2.76. The molecule has 1 aromatic heterocycles. The molecule has 1 aromatic carbocycles. The van der Waals surface area contributed by atoms with E-state index in [9.17, 15) is 4.79 Å². The fraction of sp³-hybridized carbons (Fsp3) is 0.333. The molecular formula is C15H18N4OS. The van der Waals surface area contributed by atoms with E-state index in [0.717, 1.165) is 35.8 Å². The Bertz CT molecular complexity index is 620. The molecule has 1 aliphatic rings. The van der Waals surface area contributed by atoms with E-state index in [4.69, 9.17) is 0 Å². The molecule has 0 radical (unpaired) electrons. The third kappa shape index (κ3) is 3.21. The summed E-state index contributed by atoms with van der Waals surface area (Å²) in [5, 5.41) is 7.38. The van der Waals surface area contributed by atoms with Gasteiger partial charge >= 0.3 is 6.03 Å². The number of rotatable bonds is 2. The van der Waals surface area contributed by atoms with Crippen LogP contribution in [0.3, 0.4) is 0 Å². The van der Waals surface area contributed by atoms with Crippen molar-refractivity contribution >= 4 is 23.6 Å². The van der Waals surface area contributed by atoms with Crippen molar-refractivity contribution in [1.29, 1.82) is 0 Å². The number of anilines is 1. The molecule has 0 bridgehead atoms. The van der Waals surface area contributed by atoms with Gasteiger partial charge in [0.2, 0.25) is 0 Å². The summed E-state index contributed by atoms with van der Waals surface area (Å²) in [5.74, 6) is 2.64. The summed E-state index contributed by atoms with van der Waals surface area (Å²) in [4.78, 5) is 14.1. The minimum absolute atomic E-state index is 0.0586. The van der Waals surface area contributed by atoms with Gasteiger partial charge in [-0.25, -0.2) is 9.48 Å². The molecule has 0 atom stereocenters. The molecule has 5 nitrogen and oxygen atoms in total. The smallest absolute Gasteiger partial charge is 0.323 e. The third-order valence-electron chi connectivity index (χ3n) is 3.44. The molecule has 1 aliphatic heterocycles. The molecule has 1 N–H and O–H groups in total. The molecule has 6 heteroatoms. The number of nitrogens with zero attached hydrogens (tertiary/aromatic N) is 3. The van der Waals surface area contributed by atoms with E-state index in [1.807, 2.05) is 60.1 Å². The Morgan fingerprint density at radius 3 is 2.67 bits per heavy atom. The van der Waals surface area contributed by atoms with Crippen LogP contribution in [0.1, 0.15) is 5.56 Å². The minimum atomic E-state index is -0.0586. The normalized spacial score (nSPS) is 15.0. The zero-order chi connectivity index (χ0) is 14.7. The van der Waals surface area contributed by atoms with E-state index >= 15 is 0 Å². The summed E-state index contributed by atoms with van der Waals surface area (Å²) < 4.78 is 1.79. The fourth-order valence-electron chi connectivity index (χ4n) is 2.24. The van der Waals surface area contributed by atoms with Gasteiger partial charge in [0.25, 0.3) is 0 Å². The number of hydrogen-bond acceptors (Lipinski definition) is 3. The number of carbonyl (C=O) groups excluding carboxylic acids is 1. The van der Waals surface area contributed by atoms with E-state index in [2.05, 4.69) is 10.4 Å². The first-order valence-electron chi connectivity index (χ1n) is 6.99. The molecule has 0 saturated carbocycles. The predicted molar refractivity (Wildman–Crippen MR) is 86.2 cm³/mol. The monoisotopic (exact) mass is 302 g/mol. The number of aromatic nitrogens is 2. The van der Waals surface area contributed by atoms with Gasteiger partial charge in [0.15, 0.2) is 5.82 Å². The van der Waals surface area contributed by atoms with E-state index < -0.39 is 0 Å².